The van der Waals surface area contributed by atoms with Gasteiger partial charge in [0.1, 0.15) is 4.83 Å². The minimum Gasteiger partial charge on any atom is -0.468 e. The molecule has 0 saturated heterocycles. The van der Waals surface area contributed by atoms with E-state index in [4.69, 9.17) is 9.72 Å². The summed E-state index contributed by atoms with van der Waals surface area (Å²) in [6, 6.07) is 9.87. The van der Waals surface area contributed by atoms with Crippen molar-refractivity contribution in [2.24, 2.45) is 5.92 Å². The molecule has 0 aliphatic heterocycles. The Morgan fingerprint density at radius 3 is 2.89 bits per heavy atom. The van der Waals surface area contributed by atoms with Gasteiger partial charge in [0.2, 0.25) is 0 Å². The summed E-state index contributed by atoms with van der Waals surface area (Å²) in [5.74, 6) is 0.385. The molecule has 2 heterocycles. The van der Waals surface area contributed by atoms with Gasteiger partial charge in [-0.2, -0.15) is 0 Å². The Hall–Kier alpha value is -2.12. The van der Waals surface area contributed by atoms with Crippen LogP contribution in [0, 0.1) is 5.92 Å². The molecule has 0 unspecified atom stereocenters. The summed E-state index contributed by atoms with van der Waals surface area (Å²) in [6.45, 7) is 2.68. The highest BCUT2D eigenvalue weighted by Crippen LogP contribution is 2.36. The fraction of sp³-hybridized carbons (Fsp3) is 0.381. The van der Waals surface area contributed by atoms with Crippen LogP contribution in [0.15, 0.2) is 40.3 Å². The van der Waals surface area contributed by atoms with Crippen LogP contribution in [0.1, 0.15) is 29.3 Å². The van der Waals surface area contributed by atoms with E-state index in [9.17, 15) is 9.59 Å². The number of carbonyl (C=O) groups excluding carboxylic acids is 1. The molecule has 1 aromatic carbocycles. The van der Waals surface area contributed by atoms with Crippen LogP contribution in [0.5, 0.6) is 0 Å². The molecule has 1 aliphatic rings. The van der Waals surface area contributed by atoms with E-state index in [-0.39, 0.29) is 17.3 Å². The Morgan fingerprint density at radius 1 is 1.36 bits per heavy atom. The van der Waals surface area contributed by atoms with Crippen molar-refractivity contribution < 1.29 is 9.53 Å². The van der Waals surface area contributed by atoms with Crippen LogP contribution in [0.3, 0.4) is 0 Å². The van der Waals surface area contributed by atoms with Gasteiger partial charge in [-0.1, -0.05) is 49.0 Å². The summed E-state index contributed by atoms with van der Waals surface area (Å²) in [5.41, 5.74) is 2.21. The number of benzene rings is 1. The Balaban J connectivity index is 1.84. The van der Waals surface area contributed by atoms with Crippen molar-refractivity contribution in [2.75, 3.05) is 12.9 Å². The Labute approximate surface area is 171 Å². The van der Waals surface area contributed by atoms with Crippen LogP contribution < -0.4 is 5.56 Å². The second kappa shape index (κ2) is 8.09. The van der Waals surface area contributed by atoms with Crippen molar-refractivity contribution in [1.29, 1.82) is 0 Å². The number of thiophene rings is 1. The molecule has 0 fully saturated rings. The quantitative estimate of drug-likeness (QED) is 0.360. The normalized spacial score (nSPS) is 16.1. The average molecular weight is 415 g/mol. The van der Waals surface area contributed by atoms with Gasteiger partial charge in [-0.25, -0.2) is 4.98 Å². The van der Waals surface area contributed by atoms with E-state index in [0.717, 1.165) is 35.0 Å². The minimum atomic E-state index is -0.329. The molecule has 146 valence electrons. The Bertz CT molecular complexity index is 1070. The number of ether oxygens (including phenoxy) is 1. The summed E-state index contributed by atoms with van der Waals surface area (Å²) in [7, 11) is 1.37. The molecule has 0 N–H and O–H groups in total. The van der Waals surface area contributed by atoms with Crippen molar-refractivity contribution in [3.05, 3.63) is 56.7 Å². The number of aromatic nitrogens is 2. The van der Waals surface area contributed by atoms with Gasteiger partial charge in [0, 0.05) is 4.88 Å². The number of carbonyl (C=O) groups is 1. The largest absolute Gasteiger partial charge is 0.468 e. The molecule has 1 atom stereocenters. The van der Waals surface area contributed by atoms with E-state index < -0.39 is 0 Å². The van der Waals surface area contributed by atoms with Gasteiger partial charge in [0.15, 0.2) is 5.16 Å². The molecule has 0 amide bonds. The zero-order chi connectivity index (χ0) is 19.7. The SMILES string of the molecule is COC(=O)CSc1nc2sc3c(c2c(=O)n1Cc1ccccc1)C[C@@H](C)CC3. The summed E-state index contributed by atoms with van der Waals surface area (Å²) in [4.78, 5) is 32.0. The predicted molar refractivity (Wildman–Crippen MR) is 113 cm³/mol. The van der Waals surface area contributed by atoms with E-state index in [0.29, 0.717) is 17.6 Å². The third-order valence-corrected chi connectivity index (χ3v) is 7.24. The Kier molecular flexibility index (Phi) is 5.55. The van der Waals surface area contributed by atoms with Gasteiger partial charge in [-0.3, -0.25) is 14.2 Å². The number of fused-ring (bicyclic) bond motifs is 3. The number of hydrogen-bond acceptors (Lipinski definition) is 6. The standard InChI is InChI=1S/C21H22N2O3S2/c1-13-8-9-16-15(10-13)18-19(28-16)22-21(27-12-17(24)26-2)23(20(18)25)11-14-6-4-3-5-7-14/h3-7,13H,8-12H2,1-2H3/t13-/m0/s1. The average Bonchev–Trinajstić information content (AvgIpc) is 3.06. The smallest absolute Gasteiger partial charge is 0.316 e. The lowest BCUT2D eigenvalue weighted by Gasteiger charge is -2.18. The van der Waals surface area contributed by atoms with Crippen LogP contribution in [-0.4, -0.2) is 28.4 Å². The lowest BCUT2D eigenvalue weighted by atomic mass is 9.89. The van der Waals surface area contributed by atoms with Gasteiger partial charge < -0.3 is 4.74 Å². The zero-order valence-electron chi connectivity index (χ0n) is 15.9. The van der Waals surface area contributed by atoms with Crippen molar-refractivity contribution in [3.63, 3.8) is 0 Å². The fourth-order valence-electron chi connectivity index (χ4n) is 3.61. The summed E-state index contributed by atoms with van der Waals surface area (Å²) in [6.07, 6.45) is 3.11. The second-order valence-electron chi connectivity index (χ2n) is 7.17. The maximum atomic E-state index is 13.5. The third kappa shape index (κ3) is 3.73. The molecule has 0 bridgehead atoms. The first-order valence-corrected chi connectivity index (χ1v) is 11.2. The highest BCUT2D eigenvalue weighted by atomic mass is 32.2. The lowest BCUT2D eigenvalue weighted by molar-refractivity contribution is -0.137. The molecular weight excluding hydrogens is 392 g/mol. The zero-order valence-corrected chi connectivity index (χ0v) is 17.6. The maximum absolute atomic E-state index is 13.5. The first kappa shape index (κ1) is 19.2. The van der Waals surface area contributed by atoms with Crippen molar-refractivity contribution in [1.82, 2.24) is 9.55 Å². The van der Waals surface area contributed by atoms with Crippen molar-refractivity contribution >= 4 is 39.3 Å². The van der Waals surface area contributed by atoms with Gasteiger partial charge >= 0.3 is 5.97 Å². The molecule has 28 heavy (non-hydrogen) atoms. The van der Waals surface area contributed by atoms with Gasteiger partial charge in [0.25, 0.3) is 5.56 Å². The topological polar surface area (TPSA) is 61.2 Å². The number of nitrogens with zero attached hydrogens (tertiary/aromatic N) is 2. The monoisotopic (exact) mass is 414 g/mol. The molecule has 1 aliphatic carbocycles. The molecule has 0 spiro atoms. The first-order valence-electron chi connectivity index (χ1n) is 9.35. The molecule has 3 aromatic rings. The van der Waals surface area contributed by atoms with E-state index in [2.05, 4.69) is 6.92 Å². The van der Waals surface area contributed by atoms with Crippen molar-refractivity contribution in [2.45, 2.75) is 37.9 Å². The van der Waals surface area contributed by atoms with Crippen LogP contribution in [0.25, 0.3) is 10.2 Å². The highest BCUT2D eigenvalue weighted by Gasteiger charge is 2.25. The fourth-order valence-corrected chi connectivity index (χ4v) is 5.70. The molecule has 0 saturated carbocycles. The van der Waals surface area contributed by atoms with Crippen LogP contribution in [0.2, 0.25) is 0 Å². The number of methoxy groups -OCH3 is 1. The second-order valence-corrected chi connectivity index (χ2v) is 9.19. The Morgan fingerprint density at radius 2 is 2.14 bits per heavy atom. The molecular formula is C21H22N2O3S2. The summed E-state index contributed by atoms with van der Waals surface area (Å²) in [5, 5.41) is 1.34. The van der Waals surface area contributed by atoms with Crippen LogP contribution >= 0.6 is 23.1 Å². The highest BCUT2D eigenvalue weighted by molar-refractivity contribution is 7.99. The van der Waals surface area contributed by atoms with Gasteiger partial charge in [-0.15, -0.1) is 11.3 Å². The van der Waals surface area contributed by atoms with E-state index in [1.54, 1.807) is 15.9 Å². The van der Waals surface area contributed by atoms with E-state index in [1.165, 1.54) is 29.3 Å². The lowest BCUT2D eigenvalue weighted by Crippen LogP contribution is -2.25. The third-order valence-electron chi connectivity index (χ3n) is 5.11. The number of aryl methyl sites for hydroxylation is 1. The van der Waals surface area contributed by atoms with Crippen LogP contribution in [0.4, 0.5) is 0 Å². The van der Waals surface area contributed by atoms with E-state index >= 15 is 0 Å². The van der Waals surface area contributed by atoms with Crippen molar-refractivity contribution in [3.8, 4) is 0 Å². The molecule has 2 aromatic heterocycles. The molecule has 5 nitrogen and oxygen atoms in total. The molecule has 7 heteroatoms. The predicted octanol–water partition coefficient (Wildman–Crippen LogP) is 3.90. The maximum Gasteiger partial charge on any atom is 0.316 e. The number of thioether (sulfide) groups is 1. The minimum absolute atomic E-state index is 0.00665. The molecule has 0 radical (unpaired) electrons. The van der Waals surface area contributed by atoms with Gasteiger partial charge in [0.05, 0.1) is 24.8 Å². The van der Waals surface area contributed by atoms with Gasteiger partial charge in [-0.05, 0) is 36.3 Å². The summed E-state index contributed by atoms with van der Waals surface area (Å²) >= 11 is 2.89. The number of hydrogen-bond donors (Lipinski definition) is 0. The van der Waals surface area contributed by atoms with Crippen LogP contribution in [-0.2, 0) is 28.9 Å². The summed E-state index contributed by atoms with van der Waals surface area (Å²) < 4.78 is 6.46. The van der Waals surface area contributed by atoms with E-state index in [1.807, 2.05) is 30.3 Å². The first-order chi connectivity index (χ1) is 13.6. The number of esters is 1. The number of rotatable bonds is 5. The molecule has 4 rings (SSSR count).